The second-order valence-electron chi connectivity index (χ2n) is 6.36. The van der Waals surface area contributed by atoms with Crippen LogP contribution in [0.25, 0.3) is 11.2 Å². The van der Waals surface area contributed by atoms with Crippen LogP contribution < -0.4 is 5.32 Å². The van der Waals surface area contributed by atoms with E-state index in [9.17, 15) is 15.0 Å². The Morgan fingerprint density at radius 3 is 2.70 bits per heavy atom. The van der Waals surface area contributed by atoms with E-state index in [1.165, 1.54) is 6.33 Å². The van der Waals surface area contributed by atoms with Crippen molar-refractivity contribution in [1.29, 1.82) is 0 Å². The van der Waals surface area contributed by atoms with E-state index in [1.807, 2.05) is 6.07 Å². The average Bonchev–Trinajstić information content (AvgIpc) is 3.32. The van der Waals surface area contributed by atoms with E-state index < -0.39 is 12.3 Å². The number of hydrogen-bond acceptors (Lipinski definition) is 7. The third-order valence-electron chi connectivity index (χ3n) is 4.71. The molecular formula is C18H19N5O4. The summed E-state index contributed by atoms with van der Waals surface area (Å²) in [5.41, 5.74) is 1.46. The maximum atomic E-state index is 12.4. The van der Waals surface area contributed by atoms with Gasteiger partial charge in [-0.05, 0) is 12.1 Å². The molecule has 27 heavy (non-hydrogen) atoms. The van der Waals surface area contributed by atoms with E-state index in [0.29, 0.717) is 29.0 Å². The molecule has 3 heterocycles. The molecule has 9 nitrogen and oxygen atoms in total. The van der Waals surface area contributed by atoms with Crippen molar-refractivity contribution in [3.63, 3.8) is 0 Å². The maximum Gasteiger partial charge on any atom is 0.256 e. The summed E-state index contributed by atoms with van der Waals surface area (Å²) < 4.78 is 7.55. The van der Waals surface area contributed by atoms with Crippen molar-refractivity contribution in [2.75, 3.05) is 18.5 Å². The summed E-state index contributed by atoms with van der Waals surface area (Å²) in [7, 11) is 0. The van der Waals surface area contributed by atoms with Gasteiger partial charge in [-0.2, -0.15) is 0 Å². The number of aliphatic hydroxyl groups is 2. The van der Waals surface area contributed by atoms with Gasteiger partial charge in [0.05, 0.1) is 19.0 Å². The number of nitrogens with one attached hydrogen (secondary N) is 1. The van der Waals surface area contributed by atoms with E-state index in [2.05, 4.69) is 20.3 Å². The molecule has 1 unspecified atom stereocenters. The van der Waals surface area contributed by atoms with Crippen molar-refractivity contribution in [2.45, 2.75) is 18.8 Å². The molecule has 1 fully saturated rings. The van der Waals surface area contributed by atoms with Crippen LogP contribution in [-0.4, -0.2) is 55.0 Å². The summed E-state index contributed by atoms with van der Waals surface area (Å²) in [5.74, 6) is -0.137. The van der Waals surface area contributed by atoms with Gasteiger partial charge in [0.25, 0.3) is 5.91 Å². The van der Waals surface area contributed by atoms with Gasteiger partial charge in [0.2, 0.25) is 0 Å². The standard InChI is InChI=1S/C18H19N5O4/c24-7-12-6-14(27-13(12)8-25)23-10-21-15-16(19-9-20-17(15)23)22-18(26)11-4-2-1-3-5-11/h1-5,9-10,12-14,24-25H,6-8H2,(H,19,20,22,26)/t12-,13-,14?/m1/s1. The molecule has 9 heteroatoms. The van der Waals surface area contributed by atoms with Crippen molar-refractivity contribution in [1.82, 2.24) is 19.5 Å². The van der Waals surface area contributed by atoms with E-state index in [1.54, 1.807) is 35.2 Å². The number of carbonyl (C=O) groups is 1. The van der Waals surface area contributed by atoms with Crippen molar-refractivity contribution in [3.8, 4) is 0 Å². The Kier molecular flexibility index (Phi) is 4.80. The summed E-state index contributed by atoms with van der Waals surface area (Å²) >= 11 is 0. The second-order valence-corrected chi connectivity index (χ2v) is 6.36. The molecule has 3 N–H and O–H groups in total. The number of anilines is 1. The number of fused-ring (bicyclic) bond motifs is 1. The van der Waals surface area contributed by atoms with Crippen LogP contribution in [0.2, 0.25) is 0 Å². The first-order valence-corrected chi connectivity index (χ1v) is 8.62. The van der Waals surface area contributed by atoms with Gasteiger partial charge in [0, 0.05) is 24.5 Å². The highest BCUT2D eigenvalue weighted by atomic mass is 16.5. The van der Waals surface area contributed by atoms with Gasteiger partial charge < -0.3 is 20.3 Å². The minimum Gasteiger partial charge on any atom is -0.396 e. The zero-order valence-electron chi connectivity index (χ0n) is 14.4. The summed E-state index contributed by atoms with van der Waals surface area (Å²) in [5, 5.41) is 21.6. The molecule has 0 radical (unpaired) electrons. The number of aromatic nitrogens is 4. The largest absolute Gasteiger partial charge is 0.396 e. The van der Waals surface area contributed by atoms with Crippen LogP contribution in [-0.2, 0) is 4.74 Å². The Bertz CT molecular complexity index is 933. The summed E-state index contributed by atoms with van der Waals surface area (Å²) in [6.45, 7) is -0.233. The molecule has 0 spiro atoms. The van der Waals surface area contributed by atoms with E-state index >= 15 is 0 Å². The molecule has 4 rings (SSSR count). The minimum absolute atomic E-state index is 0.0677. The Morgan fingerprint density at radius 1 is 1.19 bits per heavy atom. The third-order valence-corrected chi connectivity index (χ3v) is 4.71. The zero-order valence-corrected chi connectivity index (χ0v) is 14.4. The lowest BCUT2D eigenvalue weighted by Gasteiger charge is -2.14. The first-order valence-electron chi connectivity index (χ1n) is 8.62. The Balaban J connectivity index is 1.62. The van der Waals surface area contributed by atoms with E-state index in [4.69, 9.17) is 4.74 Å². The highest BCUT2D eigenvalue weighted by Crippen LogP contribution is 2.35. The van der Waals surface area contributed by atoms with Crippen molar-refractivity contribution in [2.24, 2.45) is 5.92 Å². The number of hydrogen-bond donors (Lipinski definition) is 3. The quantitative estimate of drug-likeness (QED) is 0.612. The van der Waals surface area contributed by atoms with Gasteiger partial charge in [0.15, 0.2) is 17.0 Å². The SMILES string of the molecule is O=C(Nc1ncnc2c1ncn2C1C[C@H](CO)[C@@H](CO)O1)c1ccccc1. The maximum absolute atomic E-state index is 12.4. The predicted octanol–water partition coefficient (Wildman–Crippen LogP) is 0.967. The summed E-state index contributed by atoms with van der Waals surface area (Å²) in [4.78, 5) is 25.1. The highest BCUT2D eigenvalue weighted by Gasteiger charge is 2.36. The first kappa shape index (κ1) is 17.5. The van der Waals surface area contributed by atoms with Gasteiger partial charge in [0.1, 0.15) is 12.6 Å². The zero-order chi connectivity index (χ0) is 18.8. The number of amides is 1. The second kappa shape index (κ2) is 7.39. The lowest BCUT2D eigenvalue weighted by atomic mass is 10.0. The van der Waals surface area contributed by atoms with Crippen molar-refractivity contribution < 1.29 is 19.7 Å². The minimum atomic E-state index is -0.434. The molecule has 1 aliphatic rings. The molecule has 1 amide bonds. The van der Waals surface area contributed by atoms with Crippen molar-refractivity contribution in [3.05, 3.63) is 48.5 Å². The molecule has 0 aliphatic carbocycles. The topological polar surface area (TPSA) is 122 Å². The normalized spacial score (nSPS) is 22.2. The van der Waals surface area contributed by atoms with E-state index in [0.717, 1.165) is 0 Å². The van der Waals surface area contributed by atoms with Gasteiger partial charge >= 0.3 is 0 Å². The number of benzene rings is 1. The molecule has 1 aromatic carbocycles. The smallest absolute Gasteiger partial charge is 0.256 e. The molecule has 140 valence electrons. The van der Waals surface area contributed by atoms with Gasteiger partial charge in [-0.3, -0.25) is 9.36 Å². The Hall–Kier alpha value is -2.88. The highest BCUT2D eigenvalue weighted by molar-refractivity contribution is 6.06. The fraction of sp³-hybridized carbons (Fsp3) is 0.333. The molecule has 1 saturated heterocycles. The molecule has 3 aromatic rings. The number of carbonyl (C=O) groups excluding carboxylic acids is 1. The summed E-state index contributed by atoms with van der Waals surface area (Å²) in [6.07, 6.45) is 2.61. The van der Waals surface area contributed by atoms with Crippen LogP contribution >= 0.6 is 0 Å². The molecule has 2 aromatic heterocycles. The monoisotopic (exact) mass is 369 g/mol. The number of ether oxygens (including phenoxy) is 1. The number of rotatable bonds is 5. The lowest BCUT2D eigenvalue weighted by molar-refractivity contribution is -0.0334. The molecule has 0 bridgehead atoms. The van der Waals surface area contributed by atoms with Gasteiger partial charge in [-0.1, -0.05) is 18.2 Å². The Labute approximate surface area is 154 Å². The summed E-state index contributed by atoms with van der Waals surface area (Å²) in [6, 6.07) is 8.82. The van der Waals surface area contributed by atoms with Gasteiger partial charge in [-0.25, -0.2) is 15.0 Å². The molecular weight excluding hydrogens is 350 g/mol. The molecule has 0 saturated carbocycles. The predicted molar refractivity (Wildman–Crippen MR) is 95.9 cm³/mol. The van der Waals surface area contributed by atoms with Crippen LogP contribution in [0.1, 0.15) is 23.0 Å². The van der Waals surface area contributed by atoms with Crippen LogP contribution in [0.3, 0.4) is 0 Å². The first-order chi connectivity index (χ1) is 13.2. The fourth-order valence-electron chi connectivity index (χ4n) is 3.27. The van der Waals surface area contributed by atoms with Crippen LogP contribution in [0, 0.1) is 5.92 Å². The van der Waals surface area contributed by atoms with Crippen LogP contribution in [0.4, 0.5) is 5.82 Å². The molecule has 1 aliphatic heterocycles. The van der Waals surface area contributed by atoms with E-state index in [-0.39, 0.29) is 25.0 Å². The van der Waals surface area contributed by atoms with Crippen molar-refractivity contribution >= 4 is 22.9 Å². The fourth-order valence-corrected chi connectivity index (χ4v) is 3.27. The average molecular weight is 369 g/mol. The van der Waals surface area contributed by atoms with Gasteiger partial charge in [-0.15, -0.1) is 0 Å². The number of nitrogens with zero attached hydrogens (tertiary/aromatic N) is 4. The Morgan fingerprint density at radius 2 is 2.00 bits per heavy atom. The van der Waals surface area contributed by atoms with Crippen LogP contribution in [0.5, 0.6) is 0 Å². The number of imidazole rings is 1. The third kappa shape index (κ3) is 3.27. The molecule has 3 atom stereocenters. The lowest BCUT2D eigenvalue weighted by Crippen LogP contribution is -2.23. The van der Waals surface area contributed by atoms with Crippen LogP contribution in [0.15, 0.2) is 43.0 Å². The number of aliphatic hydroxyl groups excluding tert-OH is 2.